The lowest BCUT2D eigenvalue weighted by Crippen LogP contribution is -2.14. The zero-order valence-corrected chi connectivity index (χ0v) is 9.68. The second kappa shape index (κ2) is 4.86. The van der Waals surface area contributed by atoms with Gasteiger partial charge in [0.2, 0.25) is 0 Å². The van der Waals surface area contributed by atoms with Crippen LogP contribution in [0.5, 0.6) is 0 Å². The number of hydrogen-bond donors (Lipinski definition) is 2. The molecule has 0 bridgehead atoms. The molecule has 0 fully saturated rings. The minimum atomic E-state index is 0.0658. The van der Waals surface area contributed by atoms with Crippen LogP contribution in [0.25, 0.3) is 5.57 Å². The van der Waals surface area contributed by atoms with Crippen molar-refractivity contribution in [2.75, 3.05) is 6.61 Å². The Morgan fingerprint density at radius 1 is 1.59 bits per heavy atom. The molecule has 1 aromatic heterocycles. The van der Waals surface area contributed by atoms with E-state index in [4.69, 9.17) is 15.7 Å². The Hall–Kier alpha value is -2.04. The van der Waals surface area contributed by atoms with Crippen molar-refractivity contribution in [3.63, 3.8) is 0 Å². The molecule has 2 rings (SSSR count). The minimum absolute atomic E-state index is 0.0658. The zero-order valence-electron chi connectivity index (χ0n) is 9.68. The summed E-state index contributed by atoms with van der Waals surface area (Å²) >= 11 is 0. The number of hydrogen-bond acceptors (Lipinski definition) is 4. The van der Waals surface area contributed by atoms with Gasteiger partial charge >= 0.3 is 0 Å². The van der Waals surface area contributed by atoms with Crippen molar-refractivity contribution in [3.05, 3.63) is 35.3 Å². The van der Waals surface area contributed by atoms with Gasteiger partial charge in [0.25, 0.3) is 0 Å². The summed E-state index contributed by atoms with van der Waals surface area (Å²) in [5.41, 5.74) is 9.18. The molecule has 3 N–H and O–H groups in total. The number of nitrogens with two attached hydrogens (primary N) is 1. The van der Waals surface area contributed by atoms with Gasteiger partial charge in [-0.1, -0.05) is 5.16 Å². The summed E-state index contributed by atoms with van der Waals surface area (Å²) in [4.78, 5) is 4.25. The topological polar surface area (TPSA) is 80.7 Å². The first-order valence-electron chi connectivity index (χ1n) is 5.48. The molecule has 2 heterocycles. The van der Waals surface area contributed by atoms with Crippen LogP contribution in [-0.2, 0) is 4.74 Å². The van der Waals surface area contributed by atoms with Crippen LogP contribution in [0, 0.1) is 6.92 Å². The smallest absolute Gasteiger partial charge is 0.171 e. The van der Waals surface area contributed by atoms with E-state index in [-0.39, 0.29) is 5.84 Å². The van der Waals surface area contributed by atoms with Crippen molar-refractivity contribution in [2.45, 2.75) is 19.8 Å². The van der Waals surface area contributed by atoms with Crippen LogP contribution in [0.3, 0.4) is 0 Å². The number of pyridine rings is 1. The molecule has 0 aromatic carbocycles. The Morgan fingerprint density at radius 3 is 3.06 bits per heavy atom. The van der Waals surface area contributed by atoms with Gasteiger partial charge in [-0.15, -0.1) is 0 Å². The summed E-state index contributed by atoms with van der Waals surface area (Å²) in [5.74, 6) is 0.0658. The van der Waals surface area contributed by atoms with Crippen LogP contribution < -0.4 is 5.73 Å². The van der Waals surface area contributed by atoms with E-state index in [1.165, 1.54) is 0 Å². The van der Waals surface area contributed by atoms with E-state index in [2.05, 4.69) is 10.1 Å². The minimum Gasteiger partial charge on any atom is -0.501 e. The van der Waals surface area contributed by atoms with Crippen molar-refractivity contribution in [1.29, 1.82) is 0 Å². The largest absolute Gasteiger partial charge is 0.501 e. The van der Waals surface area contributed by atoms with E-state index in [0.29, 0.717) is 5.56 Å². The van der Waals surface area contributed by atoms with Crippen molar-refractivity contribution in [3.8, 4) is 0 Å². The molecule has 17 heavy (non-hydrogen) atoms. The number of amidine groups is 1. The Labute approximate surface area is 99.6 Å². The second-order valence-corrected chi connectivity index (χ2v) is 3.96. The normalized spacial score (nSPS) is 16.3. The van der Waals surface area contributed by atoms with Gasteiger partial charge in [-0.3, -0.25) is 4.98 Å². The van der Waals surface area contributed by atoms with Gasteiger partial charge in [-0.2, -0.15) is 0 Å². The molecular formula is C12H15N3O2. The highest BCUT2D eigenvalue weighted by molar-refractivity contribution is 5.97. The molecule has 5 nitrogen and oxygen atoms in total. The Kier molecular flexibility index (Phi) is 3.27. The maximum Gasteiger partial charge on any atom is 0.171 e. The van der Waals surface area contributed by atoms with Gasteiger partial charge in [0, 0.05) is 23.0 Å². The van der Waals surface area contributed by atoms with E-state index in [1.807, 2.05) is 13.0 Å². The summed E-state index contributed by atoms with van der Waals surface area (Å²) in [6.45, 7) is 2.69. The van der Waals surface area contributed by atoms with Gasteiger partial charge in [-0.05, 0) is 31.4 Å². The second-order valence-electron chi connectivity index (χ2n) is 3.96. The number of ether oxygens (including phenoxy) is 1. The molecule has 0 spiro atoms. The van der Waals surface area contributed by atoms with Crippen molar-refractivity contribution in [1.82, 2.24) is 4.98 Å². The number of allylic oxidation sites excluding steroid dienone is 1. The summed E-state index contributed by atoms with van der Waals surface area (Å²) in [6.07, 6.45) is 5.32. The van der Waals surface area contributed by atoms with E-state index in [0.717, 1.165) is 36.3 Å². The predicted molar refractivity (Wildman–Crippen MR) is 64.6 cm³/mol. The molecule has 0 radical (unpaired) electrons. The molecule has 0 unspecified atom stereocenters. The van der Waals surface area contributed by atoms with Crippen molar-refractivity contribution >= 4 is 11.4 Å². The highest BCUT2D eigenvalue weighted by Gasteiger charge is 2.12. The van der Waals surface area contributed by atoms with E-state index < -0.39 is 0 Å². The third-order valence-electron chi connectivity index (χ3n) is 2.77. The molecule has 1 aliphatic heterocycles. The molecule has 1 aromatic rings. The number of nitrogens with zero attached hydrogens (tertiary/aromatic N) is 2. The number of oxime groups is 1. The fourth-order valence-electron chi connectivity index (χ4n) is 1.82. The molecule has 90 valence electrons. The lowest BCUT2D eigenvalue weighted by Gasteiger charge is -2.15. The highest BCUT2D eigenvalue weighted by Crippen LogP contribution is 2.25. The Bertz CT molecular complexity index is 481. The first kappa shape index (κ1) is 11.4. The van der Waals surface area contributed by atoms with E-state index in [9.17, 15) is 0 Å². The van der Waals surface area contributed by atoms with Crippen molar-refractivity contribution in [2.24, 2.45) is 10.9 Å². The van der Waals surface area contributed by atoms with Gasteiger partial charge in [-0.25, -0.2) is 0 Å². The van der Waals surface area contributed by atoms with Gasteiger partial charge < -0.3 is 15.7 Å². The van der Waals surface area contributed by atoms with E-state index >= 15 is 0 Å². The van der Waals surface area contributed by atoms with E-state index in [1.54, 1.807) is 12.5 Å². The Morgan fingerprint density at radius 2 is 2.41 bits per heavy atom. The van der Waals surface area contributed by atoms with Crippen LogP contribution >= 0.6 is 0 Å². The number of aryl methyl sites for hydroxylation is 1. The SMILES string of the molecule is Cc1ncc(/C(N)=N/O)cc1C1=COCCC1. The van der Waals surface area contributed by atoms with Gasteiger partial charge in [0.1, 0.15) is 0 Å². The third-order valence-corrected chi connectivity index (χ3v) is 2.77. The van der Waals surface area contributed by atoms with Crippen LogP contribution in [0.4, 0.5) is 0 Å². The zero-order chi connectivity index (χ0) is 12.3. The highest BCUT2D eigenvalue weighted by atomic mass is 16.5. The molecule has 1 aliphatic rings. The Balaban J connectivity index is 2.42. The maximum absolute atomic E-state index is 8.65. The lowest BCUT2D eigenvalue weighted by atomic mass is 9.98. The average Bonchev–Trinajstić information content (AvgIpc) is 2.39. The third kappa shape index (κ3) is 2.38. The number of rotatable bonds is 2. The summed E-state index contributed by atoms with van der Waals surface area (Å²) in [5, 5.41) is 11.6. The van der Waals surface area contributed by atoms with Crippen molar-refractivity contribution < 1.29 is 9.94 Å². The van der Waals surface area contributed by atoms with Crippen LogP contribution in [0.1, 0.15) is 29.7 Å². The summed E-state index contributed by atoms with van der Waals surface area (Å²) in [7, 11) is 0. The molecule has 5 heteroatoms. The summed E-state index contributed by atoms with van der Waals surface area (Å²) in [6, 6.07) is 1.87. The van der Waals surface area contributed by atoms with Crippen LogP contribution in [0.2, 0.25) is 0 Å². The fraction of sp³-hybridized carbons (Fsp3) is 0.333. The van der Waals surface area contributed by atoms with Crippen LogP contribution in [0.15, 0.2) is 23.7 Å². The van der Waals surface area contributed by atoms with Gasteiger partial charge in [0.05, 0.1) is 12.9 Å². The standard InChI is InChI=1S/C12H15N3O2/c1-8-11(9-3-2-4-17-7-9)5-10(6-14-8)12(13)15-16/h5-7,16H,2-4H2,1H3,(H2,13,15). The first-order chi connectivity index (χ1) is 8.22. The average molecular weight is 233 g/mol. The fourth-order valence-corrected chi connectivity index (χ4v) is 1.82. The molecule has 0 saturated heterocycles. The number of aromatic nitrogens is 1. The lowest BCUT2D eigenvalue weighted by molar-refractivity contribution is 0.235. The molecule has 0 amide bonds. The molecule has 0 atom stereocenters. The van der Waals surface area contributed by atoms with Gasteiger partial charge in [0.15, 0.2) is 5.84 Å². The monoisotopic (exact) mass is 233 g/mol. The molecule has 0 saturated carbocycles. The quantitative estimate of drug-likeness (QED) is 0.352. The molecular weight excluding hydrogens is 218 g/mol. The van der Waals surface area contributed by atoms with Crippen LogP contribution in [-0.4, -0.2) is 22.6 Å². The first-order valence-corrected chi connectivity index (χ1v) is 5.48. The summed E-state index contributed by atoms with van der Waals surface area (Å²) < 4.78 is 5.32. The maximum atomic E-state index is 8.65. The predicted octanol–water partition coefficient (Wildman–Crippen LogP) is 1.64. The molecule has 0 aliphatic carbocycles.